The minimum atomic E-state index is -0.781. The van der Waals surface area contributed by atoms with E-state index in [1.54, 1.807) is 18.5 Å². The number of aryl methyl sites for hydroxylation is 1. The molecule has 0 saturated carbocycles. The van der Waals surface area contributed by atoms with Gasteiger partial charge < -0.3 is 5.11 Å². The second kappa shape index (κ2) is 4.17. The van der Waals surface area contributed by atoms with E-state index < -0.39 is 11.4 Å². The van der Waals surface area contributed by atoms with Crippen molar-refractivity contribution in [2.24, 2.45) is 12.5 Å². The highest BCUT2D eigenvalue weighted by atomic mass is 16.4. The SMILES string of the molecule is Cn1nc(C(C)(C)C)cc1CC(C)(C)C(=O)O. The summed E-state index contributed by atoms with van der Waals surface area (Å²) in [6, 6.07) is 2.00. The number of rotatable bonds is 3. The van der Waals surface area contributed by atoms with E-state index in [-0.39, 0.29) is 5.41 Å². The standard InChI is InChI=1S/C13H22N2O2/c1-12(2,3)10-7-9(15(6)14-10)8-13(4,5)11(16)17/h7H,8H2,1-6H3,(H,16,17). The molecule has 0 bridgehead atoms. The average Bonchev–Trinajstić information content (AvgIpc) is 2.46. The predicted molar refractivity (Wildman–Crippen MR) is 67.0 cm³/mol. The Morgan fingerprint density at radius 3 is 2.24 bits per heavy atom. The molecule has 1 aromatic heterocycles. The summed E-state index contributed by atoms with van der Waals surface area (Å²) in [4.78, 5) is 11.1. The third-order valence-electron chi connectivity index (χ3n) is 2.95. The van der Waals surface area contributed by atoms with Crippen molar-refractivity contribution in [2.45, 2.75) is 46.5 Å². The monoisotopic (exact) mass is 238 g/mol. The number of aromatic nitrogens is 2. The van der Waals surface area contributed by atoms with Crippen molar-refractivity contribution in [3.05, 3.63) is 17.5 Å². The van der Waals surface area contributed by atoms with Crippen molar-refractivity contribution in [1.29, 1.82) is 0 Å². The molecular formula is C13H22N2O2. The van der Waals surface area contributed by atoms with Gasteiger partial charge in [-0.1, -0.05) is 20.8 Å². The molecule has 17 heavy (non-hydrogen) atoms. The van der Waals surface area contributed by atoms with Gasteiger partial charge in [0, 0.05) is 24.6 Å². The first kappa shape index (κ1) is 13.7. The Hall–Kier alpha value is -1.32. The molecule has 0 aliphatic heterocycles. The number of carboxylic acid groups (broad SMARTS) is 1. The van der Waals surface area contributed by atoms with Crippen LogP contribution in [-0.4, -0.2) is 20.9 Å². The van der Waals surface area contributed by atoms with Crippen LogP contribution in [0, 0.1) is 5.41 Å². The van der Waals surface area contributed by atoms with Crippen LogP contribution in [0.5, 0.6) is 0 Å². The number of nitrogens with zero attached hydrogens (tertiary/aromatic N) is 2. The van der Waals surface area contributed by atoms with Crippen molar-refractivity contribution < 1.29 is 9.90 Å². The van der Waals surface area contributed by atoms with Gasteiger partial charge in [0.15, 0.2) is 0 Å². The zero-order valence-corrected chi connectivity index (χ0v) is 11.5. The summed E-state index contributed by atoms with van der Waals surface area (Å²) in [6.45, 7) is 9.77. The predicted octanol–water partition coefficient (Wildman–Crippen LogP) is 2.37. The molecule has 0 amide bonds. The van der Waals surface area contributed by atoms with E-state index in [2.05, 4.69) is 25.9 Å². The van der Waals surface area contributed by atoms with E-state index in [0.29, 0.717) is 6.42 Å². The highest BCUT2D eigenvalue weighted by Gasteiger charge is 2.29. The highest BCUT2D eigenvalue weighted by molar-refractivity contribution is 5.73. The lowest BCUT2D eigenvalue weighted by atomic mass is 9.86. The molecule has 0 saturated heterocycles. The number of hydrogen-bond donors (Lipinski definition) is 1. The van der Waals surface area contributed by atoms with Crippen LogP contribution in [0.4, 0.5) is 0 Å². The van der Waals surface area contributed by atoms with Gasteiger partial charge in [0.2, 0.25) is 0 Å². The molecule has 0 aliphatic rings. The van der Waals surface area contributed by atoms with E-state index in [1.165, 1.54) is 0 Å². The summed E-state index contributed by atoms with van der Waals surface area (Å²) in [6.07, 6.45) is 0.488. The molecule has 0 atom stereocenters. The van der Waals surface area contributed by atoms with Crippen LogP contribution in [0.2, 0.25) is 0 Å². The maximum absolute atomic E-state index is 11.1. The molecule has 0 aromatic carbocycles. The van der Waals surface area contributed by atoms with Crippen molar-refractivity contribution in [3.63, 3.8) is 0 Å². The third kappa shape index (κ3) is 3.08. The fourth-order valence-corrected chi connectivity index (χ4v) is 1.57. The van der Waals surface area contributed by atoms with Crippen molar-refractivity contribution in [1.82, 2.24) is 9.78 Å². The molecule has 4 heteroatoms. The summed E-state index contributed by atoms with van der Waals surface area (Å²) in [7, 11) is 1.86. The second-order valence-corrected chi connectivity index (χ2v) is 6.26. The van der Waals surface area contributed by atoms with Crippen LogP contribution < -0.4 is 0 Å². The zero-order valence-electron chi connectivity index (χ0n) is 11.5. The Labute approximate surface area is 103 Å². The lowest BCUT2D eigenvalue weighted by Gasteiger charge is -2.18. The summed E-state index contributed by atoms with van der Waals surface area (Å²) in [5.41, 5.74) is 1.19. The molecule has 96 valence electrons. The molecule has 4 nitrogen and oxygen atoms in total. The smallest absolute Gasteiger partial charge is 0.309 e. The van der Waals surface area contributed by atoms with Gasteiger partial charge in [-0.3, -0.25) is 9.48 Å². The fourth-order valence-electron chi connectivity index (χ4n) is 1.57. The Balaban J connectivity index is 3.02. The van der Waals surface area contributed by atoms with Gasteiger partial charge in [-0.2, -0.15) is 5.10 Å². The maximum atomic E-state index is 11.1. The highest BCUT2D eigenvalue weighted by Crippen LogP contribution is 2.26. The summed E-state index contributed by atoms with van der Waals surface area (Å²) >= 11 is 0. The number of aliphatic carboxylic acids is 1. The maximum Gasteiger partial charge on any atom is 0.309 e. The lowest BCUT2D eigenvalue weighted by Crippen LogP contribution is -2.27. The van der Waals surface area contributed by atoms with Crippen molar-refractivity contribution in [3.8, 4) is 0 Å². The van der Waals surface area contributed by atoms with E-state index >= 15 is 0 Å². The van der Waals surface area contributed by atoms with Gasteiger partial charge in [-0.05, 0) is 19.9 Å². The van der Waals surface area contributed by atoms with Gasteiger partial charge in [0.25, 0.3) is 0 Å². The van der Waals surface area contributed by atoms with Crippen LogP contribution in [0.3, 0.4) is 0 Å². The first-order valence-corrected chi connectivity index (χ1v) is 5.81. The van der Waals surface area contributed by atoms with E-state index in [9.17, 15) is 4.79 Å². The van der Waals surface area contributed by atoms with E-state index in [1.807, 2.05) is 13.1 Å². The largest absolute Gasteiger partial charge is 0.481 e. The van der Waals surface area contributed by atoms with E-state index in [4.69, 9.17) is 5.11 Å². The molecule has 1 N–H and O–H groups in total. The molecule has 1 aromatic rings. The molecule has 0 spiro atoms. The van der Waals surface area contributed by atoms with Crippen LogP contribution in [0.15, 0.2) is 6.07 Å². The second-order valence-electron chi connectivity index (χ2n) is 6.26. The summed E-state index contributed by atoms with van der Waals surface area (Å²) < 4.78 is 1.78. The molecule has 0 unspecified atom stereocenters. The van der Waals surface area contributed by atoms with Gasteiger partial charge in [0.1, 0.15) is 0 Å². The molecule has 1 heterocycles. The summed E-state index contributed by atoms with van der Waals surface area (Å²) in [5.74, 6) is -0.781. The van der Waals surface area contributed by atoms with Gasteiger partial charge in [-0.25, -0.2) is 0 Å². The molecule has 0 radical (unpaired) electrons. The van der Waals surface area contributed by atoms with Crippen LogP contribution >= 0.6 is 0 Å². The van der Waals surface area contributed by atoms with E-state index in [0.717, 1.165) is 11.4 Å². The number of carbonyl (C=O) groups is 1. The first-order valence-electron chi connectivity index (χ1n) is 5.81. The van der Waals surface area contributed by atoms with Gasteiger partial charge >= 0.3 is 5.97 Å². The third-order valence-corrected chi connectivity index (χ3v) is 2.95. The van der Waals surface area contributed by atoms with Crippen molar-refractivity contribution >= 4 is 5.97 Å². The van der Waals surface area contributed by atoms with Gasteiger partial charge in [-0.15, -0.1) is 0 Å². The zero-order chi connectivity index (χ0) is 13.4. The molecule has 1 rings (SSSR count). The van der Waals surface area contributed by atoms with Crippen LogP contribution in [-0.2, 0) is 23.7 Å². The molecular weight excluding hydrogens is 216 g/mol. The van der Waals surface area contributed by atoms with Gasteiger partial charge in [0.05, 0.1) is 11.1 Å². The van der Waals surface area contributed by atoms with Crippen molar-refractivity contribution in [2.75, 3.05) is 0 Å². The minimum Gasteiger partial charge on any atom is -0.481 e. The number of carboxylic acids is 1. The normalized spacial score (nSPS) is 12.8. The first-order chi connectivity index (χ1) is 7.54. The minimum absolute atomic E-state index is 0.0105. The number of hydrogen-bond acceptors (Lipinski definition) is 2. The van der Waals surface area contributed by atoms with Crippen LogP contribution in [0.1, 0.15) is 46.0 Å². The Morgan fingerprint density at radius 1 is 1.35 bits per heavy atom. The Kier molecular flexibility index (Phi) is 3.37. The molecule has 0 aliphatic carbocycles. The molecule has 0 fully saturated rings. The average molecular weight is 238 g/mol. The Bertz CT molecular complexity index is 425. The van der Waals surface area contributed by atoms with Crippen LogP contribution in [0.25, 0.3) is 0 Å². The quantitative estimate of drug-likeness (QED) is 0.879. The topological polar surface area (TPSA) is 55.1 Å². The Morgan fingerprint density at radius 2 is 1.88 bits per heavy atom. The summed E-state index contributed by atoms with van der Waals surface area (Å²) in [5, 5.41) is 13.6. The lowest BCUT2D eigenvalue weighted by molar-refractivity contribution is -0.146. The fraction of sp³-hybridized carbons (Fsp3) is 0.692.